The molecule has 1 aromatic heterocycles. The number of amides is 3. The number of furan rings is 1. The summed E-state index contributed by atoms with van der Waals surface area (Å²) in [5.74, 6) is -1.18. The standard InChI is InChI=1S/C15H15N3O4/c1-2-13(19)17-18-14(20)10-6-3-4-7-11(10)16-15(21)12-8-5-9-22-12/h3-9H,2H2,1H3,(H,16,21)(H,17,19)(H,18,20). The molecule has 2 aromatic rings. The van der Waals surface area contributed by atoms with Crippen molar-refractivity contribution in [1.82, 2.24) is 10.9 Å². The van der Waals surface area contributed by atoms with Crippen molar-refractivity contribution in [2.24, 2.45) is 0 Å². The second-order valence-electron chi connectivity index (χ2n) is 4.33. The molecule has 0 bridgehead atoms. The molecule has 0 spiro atoms. The number of nitrogens with one attached hydrogen (secondary N) is 3. The molecule has 114 valence electrons. The lowest BCUT2D eigenvalue weighted by molar-refractivity contribution is -0.121. The van der Waals surface area contributed by atoms with Gasteiger partial charge in [0.25, 0.3) is 11.8 Å². The fourth-order valence-corrected chi connectivity index (χ4v) is 1.66. The van der Waals surface area contributed by atoms with E-state index in [4.69, 9.17) is 4.42 Å². The Balaban J connectivity index is 2.11. The summed E-state index contributed by atoms with van der Waals surface area (Å²) in [4.78, 5) is 35.2. The first-order chi connectivity index (χ1) is 10.6. The minimum absolute atomic E-state index is 0.134. The molecule has 1 aromatic carbocycles. The van der Waals surface area contributed by atoms with Crippen LogP contribution in [0.4, 0.5) is 5.69 Å². The van der Waals surface area contributed by atoms with E-state index in [1.807, 2.05) is 0 Å². The molecular formula is C15H15N3O4. The summed E-state index contributed by atoms with van der Waals surface area (Å²) in [7, 11) is 0. The van der Waals surface area contributed by atoms with E-state index in [0.717, 1.165) is 0 Å². The molecule has 0 unspecified atom stereocenters. The van der Waals surface area contributed by atoms with Crippen LogP contribution >= 0.6 is 0 Å². The lowest BCUT2D eigenvalue weighted by atomic mass is 10.1. The Labute approximate surface area is 126 Å². The minimum Gasteiger partial charge on any atom is -0.459 e. The first kappa shape index (κ1) is 15.3. The van der Waals surface area contributed by atoms with Crippen LogP contribution in [0.15, 0.2) is 47.1 Å². The molecule has 0 atom stereocenters. The van der Waals surface area contributed by atoms with Gasteiger partial charge in [-0.25, -0.2) is 0 Å². The van der Waals surface area contributed by atoms with Crippen LogP contribution in [0, 0.1) is 0 Å². The average Bonchev–Trinajstić information content (AvgIpc) is 3.07. The van der Waals surface area contributed by atoms with Crippen molar-refractivity contribution in [3.8, 4) is 0 Å². The van der Waals surface area contributed by atoms with Crippen molar-refractivity contribution in [2.75, 3.05) is 5.32 Å². The van der Waals surface area contributed by atoms with E-state index in [1.54, 1.807) is 31.2 Å². The van der Waals surface area contributed by atoms with Gasteiger partial charge in [0.2, 0.25) is 5.91 Å². The first-order valence-electron chi connectivity index (χ1n) is 6.65. The summed E-state index contributed by atoms with van der Waals surface area (Å²) < 4.78 is 4.99. The predicted molar refractivity (Wildman–Crippen MR) is 79.0 cm³/mol. The van der Waals surface area contributed by atoms with Crippen LogP contribution in [0.1, 0.15) is 34.3 Å². The highest BCUT2D eigenvalue weighted by Crippen LogP contribution is 2.16. The Morgan fingerprint density at radius 3 is 2.45 bits per heavy atom. The summed E-state index contributed by atoms with van der Waals surface area (Å²) in [5, 5.41) is 2.59. The molecule has 0 aliphatic rings. The average molecular weight is 301 g/mol. The third-order valence-electron chi connectivity index (χ3n) is 2.80. The molecule has 0 saturated carbocycles. The van der Waals surface area contributed by atoms with E-state index in [2.05, 4.69) is 16.2 Å². The van der Waals surface area contributed by atoms with E-state index in [0.29, 0.717) is 5.69 Å². The molecule has 0 aliphatic carbocycles. The Kier molecular flexibility index (Phi) is 4.92. The maximum Gasteiger partial charge on any atom is 0.291 e. The van der Waals surface area contributed by atoms with Gasteiger partial charge >= 0.3 is 0 Å². The Morgan fingerprint density at radius 2 is 1.77 bits per heavy atom. The van der Waals surface area contributed by atoms with Crippen molar-refractivity contribution >= 4 is 23.4 Å². The third-order valence-corrected chi connectivity index (χ3v) is 2.80. The minimum atomic E-state index is -0.530. The van der Waals surface area contributed by atoms with Gasteiger partial charge in [0.05, 0.1) is 17.5 Å². The zero-order chi connectivity index (χ0) is 15.9. The van der Waals surface area contributed by atoms with E-state index in [1.165, 1.54) is 18.4 Å². The number of hydrogen-bond acceptors (Lipinski definition) is 4. The normalized spacial score (nSPS) is 9.86. The lowest BCUT2D eigenvalue weighted by Gasteiger charge is -2.11. The second-order valence-corrected chi connectivity index (χ2v) is 4.33. The topological polar surface area (TPSA) is 100 Å². The van der Waals surface area contributed by atoms with Crippen molar-refractivity contribution in [3.63, 3.8) is 0 Å². The predicted octanol–water partition coefficient (Wildman–Crippen LogP) is 1.70. The van der Waals surface area contributed by atoms with E-state index in [-0.39, 0.29) is 23.7 Å². The molecular weight excluding hydrogens is 286 g/mol. The molecule has 3 N–H and O–H groups in total. The highest BCUT2D eigenvalue weighted by molar-refractivity contribution is 6.08. The molecule has 2 rings (SSSR count). The molecule has 0 radical (unpaired) electrons. The largest absolute Gasteiger partial charge is 0.459 e. The SMILES string of the molecule is CCC(=O)NNC(=O)c1ccccc1NC(=O)c1ccco1. The maximum atomic E-state index is 12.1. The van der Waals surface area contributed by atoms with Crippen LogP contribution in [0.3, 0.4) is 0 Å². The second kappa shape index (κ2) is 7.07. The molecule has 1 heterocycles. The maximum absolute atomic E-state index is 12.1. The van der Waals surface area contributed by atoms with Crippen molar-refractivity contribution in [3.05, 3.63) is 54.0 Å². The molecule has 0 saturated heterocycles. The van der Waals surface area contributed by atoms with Gasteiger partial charge in [0, 0.05) is 6.42 Å². The van der Waals surface area contributed by atoms with Crippen LogP contribution in [-0.4, -0.2) is 17.7 Å². The van der Waals surface area contributed by atoms with Crippen molar-refractivity contribution < 1.29 is 18.8 Å². The highest BCUT2D eigenvalue weighted by Gasteiger charge is 2.15. The highest BCUT2D eigenvalue weighted by atomic mass is 16.3. The Morgan fingerprint density at radius 1 is 1.00 bits per heavy atom. The zero-order valence-corrected chi connectivity index (χ0v) is 11.9. The van der Waals surface area contributed by atoms with E-state index in [9.17, 15) is 14.4 Å². The first-order valence-corrected chi connectivity index (χ1v) is 6.65. The summed E-state index contributed by atoms with van der Waals surface area (Å²) in [6.07, 6.45) is 1.63. The van der Waals surface area contributed by atoms with Gasteiger partial charge in [-0.1, -0.05) is 19.1 Å². The molecule has 7 heteroatoms. The van der Waals surface area contributed by atoms with Crippen LogP contribution in [0.25, 0.3) is 0 Å². The van der Waals surface area contributed by atoms with Gasteiger partial charge in [-0.15, -0.1) is 0 Å². The number of carbonyl (C=O) groups excluding carboxylic acids is 3. The number of hydrazine groups is 1. The summed E-state index contributed by atoms with van der Waals surface area (Å²) in [5.41, 5.74) is 5.09. The fourth-order valence-electron chi connectivity index (χ4n) is 1.66. The van der Waals surface area contributed by atoms with Gasteiger partial charge in [-0.3, -0.25) is 25.2 Å². The smallest absolute Gasteiger partial charge is 0.291 e. The van der Waals surface area contributed by atoms with Crippen molar-refractivity contribution in [2.45, 2.75) is 13.3 Å². The number of para-hydroxylation sites is 1. The molecule has 0 fully saturated rings. The van der Waals surface area contributed by atoms with Crippen LogP contribution in [0.2, 0.25) is 0 Å². The van der Waals surface area contributed by atoms with Crippen molar-refractivity contribution in [1.29, 1.82) is 0 Å². The van der Waals surface area contributed by atoms with Gasteiger partial charge in [-0.05, 0) is 24.3 Å². The van der Waals surface area contributed by atoms with Gasteiger partial charge in [0.1, 0.15) is 0 Å². The van der Waals surface area contributed by atoms with Crippen LogP contribution in [-0.2, 0) is 4.79 Å². The fraction of sp³-hybridized carbons (Fsp3) is 0.133. The van der Waals surface area contributed by atoms with E-state index >= 15 is 0 Å². The summed E-state index contributed by atoms with van der Waals surface area (Å²) >= 11 is 0. The van der Waals surface area contributed by atoms with Gasteiger partial charge < -0.3 is 9.73 Å². The number of hydrogen-bond donors (Lipinski definition) is 3. The lowest BCUT2D eigenvalue weighted by Crippen LogP contribution is -2.41. The van der Waals surface area contributed by atoms with Crippen LogP contribution < -0.4 is 16.2 Å². The Hall–Kier alpha value is -3.09. The quantitative estimate of drug-likeness (QED) is 0.748. The molecule has 3 amide bonds. The third kappa shape index (κ3) is 3.72. The summed E-state index contributed by atoms with van der Waals surface area (Å²) in [6.45, 7) is 1.67. The monoisotopic (exact) mass is 301 g/mol. The number of rotatable bonds is 4. The van der Waals surface area contributed by atoms with Gasteiger partial charge in [-0.2, -0.15) is 0 Å². The number of carbonyl (C=O) groups is 3. The van der Waals surface area contributed by atoms with Crippen LogP contribution in [0.5, 0.6) is 0 Å². The number of anilines is 1. The number of benzene rings is 1. The summed E-state index contributed by atoms with van der Waals surface area (Å²) in [6, 6.07) is 9.55. The van der Waals surface area contributed by atoms with Gasteiger partial charge in [0.15, 0.2) is 5.76 Å². The zero-order valence-electron chi connectivity index (χ0n) is 11.9. The molecule has 0 aliphatic heterocycles. The van der Waals surface area contributed by atoms with E-state index < -0.39 is 11.8 Å². The molecule has 7 nitrogen and oxygen atoms in total. The Bertz CT molecular complexity index is 680. The molecule has 22 heavy (non-hydrogen) atoms.